The molecule has 0 saturated heterocycles. The van der Waals surface area contributed by atoms with Gasteiger partial charge in [-0.1, -0.05) is 115 Å². The lowest BCUT2D eigenvalue weighted by Gasteiger charge is -2.27. The third kappa shape index (κ3) is 4.37. The molecule has 0 saturated carbocycles. The summed E-state index contributed by atoms with van der Waals surface area (Å²) in [5, 5.41) is 6.94. The Balaban J connectivity index is 1.19. The Kier molecular flexibility index (Phi) is 6.18. The van der Waals surface area contributed by atoms with E-state index in [4.69, 9.17) is 4.42 Å². The Morgan fingerprint density at radius 3 is 1.92 bits per heavy atom. The molecule has 0 amide bonds. The summed E-state index contributed by atoms with van der Waals surface area (Å²) in [4.78, 5) is 2.35. The largest absolute Gasteiger partial charge is 0.455 e. The van der Waals surface area contributed by atoms with Gasteiger partial charge in [-0.3, -0.25) is 0 Å². The lowest BCUT2D eigenvalue weighted by atomic mass is 10.0. The molecule has 0 N–H and O–H groups in total. The van der Waals surface area contributed by atoms with Crippen LogP contribution < -0.4 is 4.90 Å². The standard InChI is InChI=1S/C46H30N2O/c1-3-12-31(13-4-1)32-22-24-35(25-23-32)47(41-21-11-15-33-14-7-8-18-37(33)41)36-26-27-38-39-28-29-43-45(46(39)49-44(38)30-36)40-19-9-10-20-42(40)48(43)34-16-5-2-6-17-34/h1-30H. The molecule has 49 heavy (non-hydrogen) atoms. The van der Waals surface area contributed by atoms with Crippen molar-refractivity contribution in [2.24, 2.45) is 0 Å². The van der Waals surface area contributed by atoms with Gasteiger partial charge in [0.15, 0.2) is 0 Å². The van der Waals surface area contributed by atoms with Crippen molar-refractivity contribution in [3.63, 3.8) is 0 Å². The highest BCUT2D eigenvalue weighted by atomic mass is 16.3. The van der Waals surface area contributed by atoms with Crippen LogP contribution in [-0.2, 0) is 0 Å². The highest BCUT2D eigenvalue weighted by Gasteiger charge is 2.21. The molecular weight excluding hydrogens is 597 g/mol. The van der Waals surface area contributed by atoms with Gasteiger partial charge in [0.1, 0.15) is 11.2 Å². The molecular formula is C46H30N2O. The zero-order valence-electron chi connectivity index (χ0n) is 26.6. The normalized spacial score (nSPS) is 11.7. The van der Waals surface area contributed by atoms with E-state index in [1.807, 2.05) is 0 Å². The van der Waals surface area contributed by atoms with Crippen molar-refractivity contribution in [2.75, 3.05) is 4.90 Å². The van der Waals surface area contributed by atoms with Gasteiger partial charge in [0.05, 0.1) is 22.1 Å². The molecule has 3 heteroatoms. The van der Waals surface area contributed by atoms with Gasteiger partial charge in [-0.25, -0.2) is 0 Å². The smallest absolute Gasteiger partial charge is 0.145 e. The SMILES string of the molecule is c1ccc(-c2ccc(N(c3ccc4c(c3)oc3c4ccc4c3c3ccccc3n4-c3ccccc3)c3cccc4ccccc34)cc2)cc1. The summed E-state index contributed by atoms with van der Waals surface area (Å²) in [7, 11) is 0. The van der Waals surface area contributed by atoms with Crippen molar-refractivity contribution in [3.05, 3.63) is 182 Å². The number of fused-ring (bicyclic) bond motifs is 8. The first-order valence-electron chi connectivity index (χ1n) is 16.7. The molecule has 0 spiro atoms. The van der Waals surface area contributed by atoms with Crippen molar-refractivity contribution in [1.29, 1.82) is 0 Å². The highest BCUT2D eigenvalue weighted by molar-refractivity contribution is 6.24. The van der Waals surface area contributed by atoms with Crippen molar-refractivity contribution >= 4 is 71.6 Å². The van der Waals surface area contributed by atoms with E-state index in [2.05, 4.69) is 191 Å². The minimum Gasteiger partial charge on any atom is -0.455 e. The summed E-state index contributed by atoms with van der Waals surface area (Å²) < 4.78 is 9.25. The quantitative estimate of drug-likeness (QED) is 0.190. The first-order chi connectivity index (χ1) is 24.3. The van der Waals surface area contributed by atoms with E-state index in [1.165, 1.54) is 32.8 Å². The average Bonchev–Trinajstić information content (AvgIpc) is 3.71. The number of nitrogens with zero attached hydrogens (tertiary/aromatic N) is 2. The maximum absolute atomic E-state index is 6.91. The summed E-state index contributed by atoms with van der Waals surface area (Å²) in [6.07, 6.45) is 0. The Morgan fingerprint density at radius 2 is 1.08 bits per heavy atom. The third-order valence-corrected chi connectivity index (χ3v) is 9.77. The lowest BCUT2D eigenvalue weighted by molar-refractivity contribution is 0.673. The van der Waals surface area contributed by atoms with Crippen LogP contribution in [0.15, 0.2) is 186 Å². The van der Waals surface area contributed by atoms with E-state index in [1.54, 1.807) is 0 Å². The topological polar surface area (TPSA) is 21.3 Å². The number of hydrogen-bond donors (Lipinski definition) is 0. The minimum atomic E-state index is 0.864. The van der Waals surface area contributed by atoms with E-state index < -0.39 is 0 Å². The molecule has 10 rings (SSSR count). The fraction of sp³-hybridized carbons (Fsp3) is 0. The number of rotatable bonds is 5. The van der Waals surface area contributed by atoms with Gasteiger partial charge in [0.25, 0.3) is 0 Å². The Morgan fingerprint density at radius 1 is 0.429 bits per heavy atom. The fourth-order valence-corrected chi connectivity index (χ4v) is 7.53. The number of aromatic nitrogens is 1. The summed E-state index contributed by atoms with van der Waals surface area (Å²) in [6, 6.07) is 64.8. The zero-order valence-corrected chi connectivity index (χ0v) is 26.6. The van der Waals surface area contributed by atoms with Crippen LogP contribution in [0.1, 0.15) is 0 Å². The molecule has 2 aromatic heterocycles. The third-order valence-electron chi connectivity index (χ3n) is 9.77. The van der Waals surface area contributed by atoms with Gasteiger partial charge in [-0.2, -0.15) is 0 Å². The van der Waals surface area contributed by atoms with Crippen molar-refractivity contribution in [3.8, 4) is 16.8 Å². The molecule has 0 fully saturated rings. The number of hydrogen-bond acceptors (Lipinski definition) is 2. The molecule has 0 aliphatic carbocycles. The van der Waals surface area contributed by atoms with Gasteiger partial charge >= 0.3 is 0 Å². The summed E-state index contributed by atoms with van der Waals surface area (Å²) in [5.74, 6) is 0. The van der Waals surface area contributed by atoms with E-state index in [9.17, 15) is 0 Å². The zero-order chi connectivity index (χ0) is 32.3. The molecule has 0 atom stereocenters. The Bertz CT molecular complexity index is 2810. The van der Waals surface area contributed by atoms with Crippen molar-refractivity contribution < 1.29 is 4.42 Å². The van der Waals surface area contributed by atoms with Gasteiger partial charge in [0.2, 0.25) is 0 Å². The van der Waals surface area contributed by atoms with E-state index in [0.29, 0.717) is 0 Å². The molecule has 0 unspecified atom stereocenters. The Hall–Kier alpha value is -6.58. The summed E-state index contributed by atoms with van der Waals surface area (Å²) >= 11 is 0. The minimum absolute atomic E-state index is 0.864. The second kappa shape index (κ2) is 11.0. The predicted molar refractivity (Wildman–Crippen MR) is 206 cm³/mol. The summed E-state index contributed by atoms with van der Waals surface area (Å²) in [5.41, 5.74) is 10.8. The number of anilines is 3. The van der Waals surface area contributed by atoms with E-state index in [0.717, 1.165) is 55.6 Å². The van der Waals surface area contributed by atoms with Gasteiger partial charge < -0.3 is 13.9 Å². The molecule has 3 nitrogen and oxygen atoms in total. The van der Waals surface area contributed by atoms with Gasteiger partial charge in [0, 0.05) is 44.7 Å². The number of benzene rings is 8. The van der Waals surface area contributed by atoms with Crippen molar-refractivity contribution in [1.82, 2.24) is 4.57 Å². The number of furan rings is 1. The molecule has 230 valence electrons. The van der Waals surface area contributed by atoms with Crippen LogP contribution in [0.4, 0.5) is 17.1 Å². The van der Waals surface area contributed by atoms with E-state index >= 15 is 0 Å². The maximum atomic E-state index is 6.91. The first kappa shape index (κ1) is 27.5. The average molecular weight is 627 g/mol. The first-order valence-corrected chi connectivity index (χ1v) is 16.7. The molecule has 8 aromatic carbocycles. The molecule has 0 bridgehead atoms. The van der Waals surface area contributed by atoms with Crippen LogP contribution in [0.25, 0.3) is 71.3 Å². The van der Waals surface area contributed by atoms with Gasteiger partial charge in [-0.05, 0) is 77.2 Å². The predicted octanol–water partition coefficient (Wildman–Crippen LogP) is 13.0. The second-order valence-corrected chi connectivity index (χ2v) is 12.6. The van der Waals surface area contributed by atoms with Crippen LogP contribution in [0.3, 0.4) is 0 Å². The molecule has 0 aliphatic heterocycles. The van der Waals surface area contributed by atoms with Crippen LogP contribution in [-0.4, -0.2) is 4.57 Å². The van der Waals surface area contributed by atoms with Crippen molar-refractivity contribution in [2.45, 2.75) is 0 Å². The molecule has 10 aromatic rings. The van der Waals surface area contributed by atoms with E-state index in [-0.39, 0.29) is 0 Å². The molecule has 2 heterocycles. The fourth-order valence-electron chi connectivity index (χ4n) is 7.53. The van der Waals surface area contributed by atoms with Crippen LogP contribution >= 0.6 is 0 Å². The Labute approximate surface area is 283 Å². The van der Waals surface area contributed by atoms with Gasteiger partial charge in [-0.15, -0.1) is 0 Å². The monoisotopic (exact) mass is 626 g/mol. The highest BCUT2D eigenvalue weighted by Crippen LogP contribution is 2.44. The van der Waals surface area contributed by atoms with Crippen LogP contribution in [0, 0.1) is 0 Å². The summed E-state index contributed by atoms with van der Waals surface area (Å²) in [6.45, 7) is 0. The molecule has 0 radical (unpaired) electrons. The lowest BCUT2D eigenvalue weighted by Crippen LogP contribution is -2.10. The number of para-hydroxylation sites is 2. The maximum Gasteiger partial charge on any atom is 0.145 e. The second-order valence-electron chi connectivity index (χ2n) is 12.6. The van der Waals surface area contributed by atoms with Crippen LogP contribution in [0.2, 0.25) is 0 Å². The van der Waals surface area contributed by atoms with Crippen LogP contribution in [0.5, 0.6) is 0 Å². The molecule has 0 aliphatic rings.